The summed E-state index contributed by atoms with van der Waals surface area (Å²) in [6, 6.07) is 0. The Labute approximate surface area is 76.7 Å². The van der Waals surface area contributed by atoms with Crippen LogP contribution in [-0.2, 0) is 4.79 Å². The molecule has 3 heteroatoms. The van der Waals surface area contributed by atoms with E-state index in [2.05, 4.69) is 23.5 Å². The van der Waals surface area contributed by atoms with Crippen LogP contribution in [0, 0.1) is 0 Å². The number of aldehydes is 1. The van der Waals surface area contributed by atoms with E-state index in [1.165, 1.54) is 24.3 Å². The zero-order chi connectivity index (χ0) is 7.94. The van der Waals surface area contributed by atoms with Gasteiger partial charge in [0.15, 0.2) is 0 Å². The van der Waals surface area contributed by atoms with Crippen LogP contribution in [0.1, 0.15) is 25.7 Å². The van der Waals surface area contributed by atoms with Crippen molar-refractivity contribution in [2.24, 2.45) is 0 Å². The highest BCUT2D eigenvalue weighted by Crippen LogP contribution is 2.33. The molecule has 1 rings (SSSR count). The highest BCUT2D eigenvalue weighted by atomic mass is 32.2. The molecule has 64 valence electrons. The van der Waals surface area contributed by atoms with E-state index in [4.69, 9.17) is 0 Å². The van der Waals surface area contributed by atoms with Crippen molar-refractivity contribution >= 4 is 29.8 Å². The number of carbonyl (C=O) groups excluding carboxylic acids is 1. The van der Waals surface area contributed by atoms with E-state index < -0.39 is 0 Å². The lowest BCUT2D eigenvalue weighted by molar-refractivity contribution is -0.107. The maximum Gasteiger partial charge on any atom is 0.119 e. The van der Waals surface area contributed by atoms with Crippen molar-refractivity contribution in [2.45, 2.75) is 30.3 Å². The monoisotopic (exact) mass is 190 g/mol. The van der Waals surface area contributed by atoms with E-state index in [0.717, 1.165) is 23.7 Å². The molecule has 0 saturated carbocycles. The third-order valence-electron chi connectivity index (χ3n) is 1.66. The lowest BCUT2D eigenvalue weighted by Crippen LogP contribution is -2.06. The van der Waals surface area contributed by atoms with Gasteiger partial charge < -0.3 is 4.79 Å². The van der Waals surface area contributed by atoms with Gasteiger partial charge in [0.05, 0.1) is 4.58 Å². The van der Waals surface area contributed by atoms with Gasteiger partial charge in [0.25, 0.3) is 0 Å². The predicted octanol–water partition coefficient (Wildman–Crippen LogP) is 2.55. The number of unbranched alkanes of at least 4 members (excludes halogenated alkanes) is 1. The van der Waals surface area contributed by atoms with Crippen molar-refractivity contribution in [2.75, 3.05) is 11.5 Å². The first-order chi connectivity index (χ1) is 5.43. The topological polar surface area (TPSA) is 17.1 Å². The Balaban J connectivity index is 2.00. The van der Waals surface area contributed by atoms with Crippen LogP contribution >= 0.6 is 23.5 Å². The maximum atomic E-state index is 10.0. The van der Waals surface area contributed by atoms with Crippen LogP contribution in [0.15, 0.2) is 0 Å². The second-order valence-corrected chi connectivity index (χ2v) is 5.54. The first-order valence-corrected chi connectivity index (χ1v) is 6.20. The van der Waals surface area contributed by atoms with E-state index in [1.54, 1.807) is 0 Å². The molecule has 0 aromatic heterocycles. The molecule has 1 nitrogen and oxygen atoms in total. The molecule has 0 aromatic rings. The van der Waals surface area contributed by atoms with Crippen molar-refractivity contribution in [3.05, 3.63) is 0 Å². The van der Waals surface area contributed by atoms with Gasteiger partial charge in [0, 0.05) is 6.42 Å². The minimum absolute atomic E-state index is 0.748. The molecule has 1 aliphatic heterocycles. The van der Waals surface area contributed by atoms with Gasteiger partial charge >= 0.3 is 0 Å². The summed E-state index contributed by atoms with van der Waals surface area (Å²) in [7, 11) is 0. The molecule has 11 heavy (non-hydrogen) atoms. The number of rotatable bonds is 4. The first-order valence-electron chi connectivity index (χ1n) is 4.10. The van der Waals surface area contributed by atoms with Crippen LogP contribution in [0.2, 0.25) is 0 Å². The van der Waals surface area contributed by atoms with Gasteiger partial charge in [-0.1, -0.05) is 0 Å². The molecule has 0 spiro atoms. The first kappa shape index (κ1) is 9.46. The van der Waals surface area contributed by atoms with Gasteiger partial charge in [-0.05, 0) is 30.8 Å². The van der Waals surface area contributed by atoms with E-state index in [1.807, 2.05) is 0 Å². The van der Waals surface area contributed by atoms with E-state index >= 15 is 0 Å². The second kappa shape index (κ2) is 5.95. The summed E-state index contributed by atoms with van der Waals surface area (Å²) in [4.78, 5) is 10.0. The van der Waals surface area contributed by atoms with Crippen molar-refractivity contribution in [3.8, 4) is 0 Å². The van der Waals surface area contributed by atoms with Crippen LogP contribution in [-0.4, -0.2) is 22.4 Å². The zero-order valence-corrected chi connectivity index (χ0v) is 8.26. The van der Waals surface area contributed by atoms with Crippen molar-refractivity contribution in [3.63, 3.8) is 0 Å². The minimum Gasteiger partial charge on any atom is -0.303 e. The van der Waals surface area contributed by atoms with Gasteiger partial charge in [-0.3, -0.25) is 0 Å². The summed E-state index contributed by atoms with van der Waals surface area (Å²) in [6.07, 6.45) is 5.43. The predicted molar refractivity (Wildman–Crippen MR) is 53.2 cm³/mol. The minimum atomic E-state index is 0.748. The number of carbonyl (C=O) groups is 1. The largest absolute Gasteiger partial charge is 0.303 e. The Hall–Kier alpha value is 0.370. The van der Waals surface area contributed by atoms with Gasteiger partial charge in [-0.2, -0.15) is 0 Å². The summed E-state index contributed by atoms with van der Waals surface area (Å²) in [6.45, 7) is 0. The van der Waals surface area contributed by atoms with Crippen LogP contribution in [0.4, 0.5) is 0 Å². The van der Waals surface area contributed by atoms with Gasteiger partial charge in [-0.15, -0.1) is 23.5 Å². The fraction of sp³-hybridized carbons (Fsp3) is 0.875. The molecule has 0 aliphatic carbocycles. The molecule has 0 bridgehead atoms. The van der Waals surface area contributed by atoms with Gasteiger partial charge in [0.1, 0.15) is 6.29 Å². The van der Waals surface area contributed by atoms with Gasteiger partial charge in [0.2, 0.25) is 0 Å². The molecule has 0 N–H and O–H groups in total. The van der Waals surface area contributed by atoms with Crippen molar-refractivity contribution in [1.82, 2.24) is 0 Å². The molecular formula is C8H14OS2. The van der Waals surface area contributed by atoms with Crippen molar-refractivity contribution in [1.29, 1.82) is 0 Å². The third kappa shape index (κ3) is 4.06. The Morgan fingerprint density at radius 1 is 1.36 bits per heavy atom. The quantitative estimate of drug-likeness (QED) is 0.501. The molecule has 0 aromatic carbocycles. The number of thioether (sulfide) groups is 2. The fourth-order valence-corrected chi connectivity index (χ4v) is 4.03. The Kier molecular flexibility index (Phi) is 5.12. The Morgan fingerprint density at radius 2 is 2.09 bits per heavy atom. The lowest BCUT2D eigenvalue weighted by atomic mass is 10.3. The van der Waals surface area contributed by atoms with Crippen LogP contribution < -0.4 is 0 Å². The van der Waals surface area contributed by atoms with Crippen molar-refractivity contribution < 1.29 is 4.79 Å². The van der Waals surface area contributed by atoms with E-state index in [-0.39, 0.29) is 0 Å². The molecule has 0 unspecified atom stereocenters. The lowest BCUT2D eigenvalue weighted by Gasteiger charge is -2.19. The van der Waals surface area contributed by atoms with Crippen LogP contribution in [0.25, 0.3) is 0 Å². The molecular weight excluding hydrogens is 176 g/mol. The zero-order valence-electron chi connectivity index (χ0n) is 6.62. The average molecular weight is 190 g/mol. The summed E-state index contributed by atoms with van der Waals surface area (Å²) in [5, 5.41) is 0. The Bertz CT molecular complexity index is 111. The normalized spacial score (nSPS) is 20.0. The van der Waals surface area contributed by atoms with E-state index in [0.29, 0.717) is 0 Å². The Morgan fingerprint density at radius 3 is 2.73 bits per heavy atom. The molecule has 0 amide bonds. The SMILES string of the molecule is O=CCCCC1SCCCS1. The summed E-state index contributed by atoms with van der Waals surface area (Å²) in [5.41, 5.74) is 0. The number of hydrogen-bond donors (Lipinski definition) is 0. The second-order valence-electron chi connectivity index (χ2n) is 2.62. The van der Waals surface area contributed by atoms with Crippen LogP contribution in [0.3, 0.4) is 0 Å². The molecule has 0 atom stereocenters. The summed E-state index contributed by atoms with van der Waals surface area (Å²) < 4.78 is 0.781. The standard InChI is InChI=1S/C8H14OS2/c9-5-2-1-4-8-10-6-3-7-11-8/h5,8H,1-4,6-7H2. The molecule has 1 saturated heterocycles. The smallest absolute Gasteiger partial charge is 0.119 e. The number of hydrogen-bond acceptors (Lipinski definition) is 3. The van der Waals surface area contributed by atoms with Crippen LogP contribution in [0.5, 0.6) is 0 Å². The third-order valence-corrected chi connectivity index (χ3v) is 4.74. The van der Waals surface area contributed by atoms with Gasteiger partial charge in [-0.25, -0.2) is 0 Å². The maximum absolute atomic E-state index is 10.0. The molecule has 0 radical (unpaired) electrons. The fourth-order valence-electron chi connectivity index (χ4n) is 1.07. The molecule has 1 aliphatic rings. The highest BCUT2D eigenvalue weighted by molar-refractivity contribution is 8.17. The summed E-state index contributed by atoms with van der Waals surface area (Å²) in [5.74, 6) is 2.64. The van der Waals surface area contributed by atoms with E-state index in [9.17, 15) is 4.79 Å². The molecule has 1 fully saturated rings. The average Bonchev–Trinajstić information content (AvgIpc) is 2.07. The summed E-state index contributed by atoms with van der Waals surface area (Å²) >= 11 is 4.12. The highest BCUT2D eigenvalue weighted by Gasteiger charge is 2.12. The molecule has 1 heterocycles.